The normalized spacial score (nSPS) is 14.9. The average molecular weight is 268 g/mol. The van der Waals surface area contributed by atoms with Crippen LogP contribution in [-0.4, -0.2) is 26.8 Å². The molecule has 0 aromatic carbocycles. The number of hydrogen-bond acceptors (Lipinski definition) is 5. The van der Waals surface area contributed by atoms with Crippen molar-refractivity contribution < 1.29 is 5.11 Å². The molecule has 1 aliphatic carbocycles. The molecule has 0 saturated heterocycles. The van der Waals surface area contributed by atoms with Gasteiger partial charge in [0.2, 0.25) is 11.8 Å². The molecule has 1 saturated carbocycles. The zero-order chi connectivity index (χ0) is 13.3. The number of rotatable bonds is 3. The van der Waals surface area contributed by atoms with Gasteiger partial charge in [-0.25, -0.2) is 0 Å². The van der Waals surface area contributed by atoms with Crippen molar-refractivity contribution in [2.75, 3.05) is 0 Å². The minimum atomic E-state index is -0.538. The summed E-state index contributed by atoms with van der Waals surface area (Å²) in [6.07, 6.45) is 2.92. The van der Waals surface area contributed by atoms with Gasteiger partial charge in [-0.1, -0.05) is 0 Å². The van der Waals surface area contributed by atoms with Crippen LogP contribution >= 0.6 is 12.2 Å². The fourth-order valence-corrected chi connectivity index (χ4v) is 1.82. The molecule has 1 aliphatic rings. The smallest absolute Gasteiger partial charge is 0.264 e. The Labute approximate surface area is 107 Å². The molecule has 1 heterocycles. The summed E-state index contributed by atoms with van der Waals surface area (Å²) < 4.78 is 1.69. The van der Waals surface area contributed by atoms with Gasteiger partial charge in [-0.2, -0.15) is 5.10 Å². The summed E-state index contributed by atoms with van der Waals surface area (Å²) in [7, 11) is 0. The van der Waals surface area contributed by atoms with Gasteiger partial charge in [0, 0.05) is 6.04 Å². The molecule has 8 nitrogen and oxygen atoms in total. The van der Waals surface area contributed by atoms with E-state index in [4.69, 9.17) is 23.7 Å². The number of aromatic hydroxyl groups is 1. The quantitative estimate of drug-likeness (QED) is 0.255. The molecule has 9 heteroatoms. The summed E-state index contributed by atoms with van der Waals surface area (Å²) in [5.74, 6) is -0.460. The van der Waals surface area contributed by atoms with Crippen molar-refractivity contribution in [3.8, 4) is 5.88 Å². The summed E-state index contributed by atoms with van der Waals surface area (Å²) in [5.41, 5.74) is 9.61. The van der Waals surface area contributed by atoms with Crippen molar-refractivity contribution >= 4 is 24.4 Å². The van der Waals surface area contributed by atoms with E-state index in [0.717, 1.165) is 19.1 Å². The summed E-state index contributed by atoms with van der Waals surface area (Å²) in [6, 6.07) is 0.129. The van der Waals surface area contributed by atoms with Gasteiger partial charge in [-0.3, -0.25) is 14.3 Å². The second-order valence-corrected chi connectivity index (χ2v) is 4.25. The molecule has 0 aliphatic heterocycles. The van der Waals surface area contributed by atoms with Crippen molar-refractivity contribution in [2.24, 2.45) is 21.7 Å². The maximum Gasteiger partial charge on any atom is 0.264 e. The molecule has 1 fully saturated rings. The number of aromatic amines is 1. The second kappa shape index (κ2) is 4.61. The number of nitrogens with two attached hydrogens (primary N) is 2. The molecule has 0 amide bonds. The van der Waals surface area contributed by atoms with Crippen molar-refractivity contribution in [2.45, 2.75) is 18.9 Å². The number of H-pyrrole nitrogens is 1. The van der Waals surface area contributed by atoms with E-state index in [1.807, 2.05) is 0 Å². The predicted molar refractivity (Wildman–Crippen MR) is 69.2 cm³/mol. The third-order valence-electron chi connectivity index (χ3n) is 2.43. The van der Waals surface area contributed by atoms with Gasteiger partial charge in [0.1, 0.15) is 5.56 Å². The molecule has 0 unspecified atom stereocenters. The number of nitrogens with one attached hydrogen (secondary N) is 1. The van der Waals surface area contributed by atoms with E-state index in [1.54, 1.807) is 0 Å². The fourth-order valence-electron chi connectivity index (χ4n) is 1.49. The van der Waals surface area contributed by atoms with E-state index in [-0.39, 0.29) is 28.2 Å². The standard InChI is InChI=1S/C9H12N6O2S/c10-8(11)14-12-3-5-6(16)13-9(18)15(7(5)17)4-1-2-4/h3-4,17H,1-2H2,(H4,10,11,14)(H,13,16,18)/b12-3+. The van der Waals surface area contributed by atoms with Crippen LogP contribution in [0, 0.1) is 4.77 Å². The number of nitrogens with zero attached hydrogens (tertiary/aromatic N) is 3. The highest BCUT2D eigenvalue weighted by Crippen LogP contribution is 2.37. The summed E-state index contributed by atoms with van der Waals surface area (Å²) in [5, 5.41) is 16.9. The first-order valence-corrected chi connectivity index (χ1v) is 5.61. The van der Waals surface area contributed by atoms with Crippen LogP contribution in [0.1, 0.15) is 24.4 Å². The minimum Gasteiger partial charge on any atom is -0.494 e. The van der Waals surface area contributed by atoms with Gasteiger partial charge in [-0.05, 0) is 25.1 Å². The molecular formula is C9H12N6O2S. The number of aromatic nitrogens is 2. The summed E-state index contributed by atoms with van der Waals surface area (Å²) in [6.45, 7) is 0. The third kappa shape index (κ3) is 2.40. The Morgan fingerprint density at radius 1 is 1.56 bits per heavy atom. The fraction of sp³-hybridized carbons (Fsp3) is 0.333. The van der Waals surface area contributed by atoms with Crippen molar-refractivity contribution in [3.05, 3.63) is 20.7 Å². The van der Waals surface area contributed by atoms with E-state index in [9.17, 15) is 9.90 Å². The van der Waals surface area contributed by atoms with Gasteiger partial charge >= 0.3 is 0 Å². The second-order valence-electron chi connectivity index (χ2n) is 3.87. The average Bonchev–Trinajstić information content (AvgIpc) is 3.06. The Morgan fingerprint density at radius 3 is 2.78 bits per heavy atom. The Morgan fingerprint density at radius 2 is 2.22 bits per heavy atom. The largest absolute Gasteiger partial charge is 0.494 e. The highest BCUT2D eigenvalue weighted by Gasteiger charge is 2.27. The molecule has 2 rings (SSSR count). The van der Waals surface area contributed by atoms with Gasteiger partial charge in [0.25, 0.3) is 5.56 Å². The van der Waals surface area contributed by atoms with Crippen LogP contribution in [0.5, 0.6) is 5.88 Å². The molecular weight excluding hydrogens is 256 g/mol. The van der Waals surface area contributed by atoms with E-state index in [2.05, 4.69) is 15.2 Å². The van der Waals surface area contributed by atoms with Crippen LogP contribution in [-0.2, 0) is 0 Å². The topological polar surface area (TPSA) is 135 Å². The van der Waals surface area contributed by atoms with Crippen LogP contribution in [0.3, 0.4) is 0 Å². The van der Waals surface area contributed by atoms with Gasteiger partial charge in [0.15, 0.2) is 4.77 Å². The molecule has 0 bridgehead atoms. The van der Waals surface area contributed by atoms with E-state index < -0.39 is 5.56 Å². The van der Waals surface area contributed by atoms with E-state index in [0.29, 0.717) is 0 Å². The lowest BCUT2D eigenvalue weighted by Crippen LogP contribution is -2.22. The SMILES string of the molecule is NC(N)=N/N=C/c1c(O)n(C2CC2)c(=S)[nH]c1=O. The summed E-state index contributed by atoms with van der Waals surface area (Å²) in [4.78, 5) is 14.1. The predicted octanol–water partition coefficient (Wildman–Crippen LogP) is -0.446. The third-order valence-corrected chi connectivity index (χ3v) is 2.72. The van der Waals surface area contributed by atoms with Crippen LogP contribution in [0.2, 0.25) is 0 Å². The van der Waals surface area contributed by atoms with Crippen LogP contribution in [0.4, 0.5) is 0 Å². The van der Waals surface area contributed by atoms with Crippen LogP contribution in [0.15, 0.2) is 15.0 Å². The lowest BCUT2D eigenvalue weighted by atomic mass is 10.3. The van der Waals surface area contributed by atoms with Crippen molar-refractivity contribution in [3.63, 3.8) is 0 Å². The first-order valence-electron chi connectivity index (χ1n) is 5.20. The molecule has 18 heavy (non-hydrogen) atoms. The highest BCUT2D eigenvalue weighted by molar-refractivity contribution is 7.71. The first-order chi connectivity index (χ1) is 8.50. The number of hydrogen-bond donors (Lipinski definition) is 4. The Balaban J connectivity index is 2.50. The van der Waals surface area contributed by atoms with Crippen LogP contribution in [0.25, 0.3) is 0 Å². The zero-order valence-corrected chi connectivity index (χ0v) is 10.1. The van der Waals surface area contributed by atoms with E-state index >= 15 is 0 Å². The Bertz CT molecular complexity index is 635. The Hall–Kier alpha value is -2.16. The maximum atomic E-state index is 11.6. The molecule has 0 spiro atoms. The monoisotopic (exact) mass is 268 g/mol. The highest BCUT2D eigenvalue weighted by atomic mass is 32.1. The van der Waals surface area contributed by atoms with Crippen molar-refractivity contribution in [1.82, 2.24) is 9.55 Å². The number of guanidine groups is 1. The minimum absolute atomic E-state index is 0.0273. The molecule has 96 valence electrons. The lowest BCUT2D eigenvalue weighted by Gasteiger charge is -2.08. The van der Waals surface area contributed by atoms with Crippen molar-refractivity contribution in [1.29, 1.82) is 0 Å². The molecule has 6 N–H and O–H groups in total. The van der Waals surface area contributed by atoms with E-state index in [1.165, 1.54) is 4.57 Å². The van der Waals surface area contributed by atoms with Gasteiger partial charge in [0.05, 0.1) is 6.21 Å². The van der Waals surface area contributed by atoms with Crippen LogP contribution < -0.4 is 17.0 Å². The summed E-state index contributed by atoms with van der Waals surface area (Å²) >= 11 is 4.99. The van der Waals surface area contributed by atoms with Gasteiger partial charge < -0.3 is 16.6 Å². The molecule has 1 aromatic heterocycles. The molecule has 0 radical (unpaired) electrons. The molecule has 0 atom stereocenters. The maximum absolute atomic E-state index is 11.6. The molecule has 1 aromatic rings. The Kier molecular flexibility index (Phi) is 3.15. The first kappa shape index (κ1) is 12.3. The lowest BCUT2D eigenvalue weighted by molar-refractivity contribution is 0.405. The zero-order valence-electron chi connectivity index (χ0n) is 9.33. The van der Waals surface area contributed by atoms with Gasteiger partial charge in [-0.15, -0.1) is 5.10 Å².